The molecule has 0 bridgehead atoms. The fraction of sp³-hybridized carbons (Fsp3) is 0.222. The summed E-state index contributed by atoms with van der Waals surface area (Å²) in [6, 6.07) is 10.7. The Morgan fingerprint density at radius 3 is 2.74 bits per heavy atom. The molecule has 1 aromatic carbocycles. The highest BCUT2D eigenvalue weighted by Crippen LogP contribution is 2.39. The molecule has 0 aliphatic carbocycles. The number of thiophene rings is 1. The van der Waals surface area contributed by atoms with Gasteiger partial charge in [0.05, 0.1) is 17.0 Å². The van der Waals surface area contributed by atoms with Gasteiger partial charge in [-0.15, -0.1) is 11.3 Å². The fourth-order valence-corrected chi connectivity index (χ4v) is 4.03. The van der Waals surface area contributed by atoms with Gasteiger partial charge in [0.25, 0.3) is 5.91 Å². The Labute approximate surface area is 137 Å². The van der Waals surface area contributed by atoms with E-state index in [0.717, 1.165) is 11.3 Å². The number of hydrogen-bond acceptors (Lipinski definition) is 4. The van der Waals surface area contributed by atoms with Crippen molar-refractivity contribution in [1.29, 1.82) is 0 Å². The minimum Gasteiger partial charge on any atom is -0.450 e. The first kappa shape index (κ1) is 14.2. The Balaban J connectivity index is 2.03. The Bertz CT molecular complexity index is 943. The van der Waals surface area contributed by atoms with Crippen LogP contribution in [-0.2, 0) is 0 Å². The molecule has 0 saturated heterocycles. The van der Waals surface area contributed by atoms with E-state index in [9.17, 15) is 9.59 Å². The number of rotatable bonds is 3. The molecule has 1 aliphatic heterocycles. The highest BCUT2D eigenvalue weighted by atomic mass is 32.1. The Kier molecular flexibility index (Phi) is 3.31. The van der Waals surface area contributed by atoms with Crippen LogP contribution in [0.15, 0.2) is 51.0 Å². The van der Waals surface area contributed by atoms with E-state index in [0.29, 0.717) is 23.1 Å². The highest BCUT2D eigenvalue weighted by molar-refractivity contribution is 7.10. The summed E-state index contributed by atoms with van der Waals surface area (Å²) in [5.74, 6) is 0.00338. The third-order valence-corrected chi connectivity index (χ3v) is 5.08. The predicted octanol–water partition coefficient (Wildman–Crippen LogP) is 3.81. The van der Waals surface area contributed by atoms with Crippen LogP contribution in [0.5, 0.6) is 0 Å². The lowest BCUT2D eigenvalue weighted by atomic mass is 10.0. The van der Waals surface area contributed by atoms with Crippen molar-refractivity contribution in [3.8, 4) is 0 Å². The van der Waals surface area contributed by atoms with Crippen LogP contribution in [0.1, 0.15) is 40.4 Å². The molecule has 0 unspecified atom stereocenters. The van der Waals surface area contributed by atoms with Crippen molar-refractivity contribution >= 4 is 28.2 Å². The maximum absolute atomic E-state index is 13.0. The number of carbonyl (C=O) groups is 1. The van der Waals surface area contributed by atoms with Gasteiger partial charge in [0, 0.05) is 11.4 Å². The normalized spacial score (nSPS) is 17.0. The van der Waals surface area contributed by atoms with Crippen molar-refractivity contribution < 1.29 is 9.21 Å². The van der Waals surface area contributed by atoms with E-state index in [4.69, 9.17) is 4.42 Å². The molecule has 0 fully saturated rings. The van der Waals surface area contributed by atoms with Gasteiger partial charge in [0.1, 0.15) is 5.58 Å². The summed E-state index contributed by atoms with van der Waals surface area (Å²) in [6.07, 6.45) is 0.829. The van der Waals surface area contributed by atoms with Crippen LogP contribution < -0.4 is 5.43 Å². The summed E-state index contributed by atoms with van der Waals surface area (Å²) in [4.78, 5) is 28.5. The maximum atomic E-state index is 13.0. The number of para-hydroxylation sites is 1. The van der Waals surface area contributed by atoms with E-state index < -0.39 is 0 Å². The molecular weight excluding hydrogens is 310 g/mol. The van der Waals surface area contributed by atoms with Gasteiger partial charge in [-0.3, -0.25) is 9.59 Å². The number of amides is 1. The van der Waals surface area contributed by atoms with Gasteiger partial charge in [0.2, 0.25) is 5.76 Å². The van der Waals surface area contributed by atoms with Crippen molar-refractivity contribution in [2.45, 2.75) is 19.4 Å². The van der Waals surface area contributed by atoms with E-state index >= 15 is 0 Å². The first-order valence-corrected chi connectivity index (χ1v) is 8.50. The Morgan fingerprint density at radius 2 is 2.00 bits per heavy atom. The molecule has 0 spiro atoms. The van der Waals surface area contributed by atoms with Gasteiger partial charge in [-0.1, -0.05) is 25.1 Å². The number of fused-ring (bicyclic) bond motifs is 2. The van der Waals surface area contributed by atoms with Crippen LogP contribution in [0.2, 0.25) is 0 Å². The highest BCUT2D eigenvalue weighted by Gasteiger charge is 2.42. The lowest BCUT2D eigenvalue weighted by Crippen LogP contribution is -2.29. The number of nitrogens with zero attached hydrogens (tertiary/aromatic N) is 1. The van der Waals surface area contributed by atoms with Crippen molar-refractivity contribution in [2.75, 3.05) is 6.54 Å². The first-order valence-electron chi connectivity index (χ1n) is 7.62. The summed E-state index contributed by atoms with van der Waals surface area (Å²) < 4.78 is 5.82. The second-order valence-corrected chi connectivity index (χ2v) is 6.57. The number of hydrogen-bond donors (Lipinski definition) is 0. The zero-order valence-corrected chi connectivity index (χ0v) is 13.4. The number of carbonyl (C=O) groups excluding carboxylic acids is 1. The first-order chi connectivity index (χ1) is 11.2. The molecule has 3 heterocycles. The van der Waals surface area contributed by atoms with Crippen LogP contribution in [0, 0.1) is 0 Å². The maximum Gasteiger partial charge on any atom is 0.290 e. The van der Waals surface area contributed by atoms with E-state index in [1.54, 1.807) is 34.4 Å². The third kappa shape index (κ3) is 2.04. The molecule has 4 nitrogen and oxygen atoms in total. The van der Waals surface area contributed by atoms with Crippen LogP contribution in [-0.4, -0.2) is 17.4 Å². The number of benzene rings is 1. The van der Waals surface area contributed by atoms with E-state index in [1.807, 2.05) is 30.5 Å². The van der Waals surface area contributed by atoms with Crippen LogP contribution >= 0.6 is 11.3 Å². The van der Waals surface area contributed by atoms with Gasteiger partial charge >= 0.3 is 0 Å². The van der Waals surface area contributed by atoms with E-state index in [1.165, 1.54) is 0 Å². The second-order valence-electron chi connectivity index (χ2n) is 5.59. The lowest BCUT2D eigenvalue weighted by Gasteiger charge is -2.23. The second kappa shape index (κ2) is 5.35. The fourth-order valence-electron chi connectivity index (χ4n) is 3.18. The molecule has 2 aromatic heterocycles. The summed E-state index contributed by atoms with van der Waals surface area (Å²) in [5.41, 5.74) is 0.838. The average Bonchev–Trinajstić information content (AvgIpc) is 3.17. The van der Waals surface area contributed by atoms with Crippen molar-refractivity contribution in [3.63, 3.8) is 0 Å². The molecule has 1 amide bonds. The van der Waals surface area contributed by atoms with Gasteiger partial charge in [-0.05, 0) is 30.0 Å². The molecule has 0 saturated carbocycles. The van der Waals surface area contributed by atoms with Crippen LogP contribution in [0.4, 0.5) is 0 Å². The molecule has 5 heteroatoms. The third-order valence-electron chi connectivity index (χ3n) is 4.15. The molecule has 0 radical (unpaired) electrons. The minimum atomic E-state index is -0.335. The quantitative estimate of drug-likeness (QED) is 0.736. The Morgan fingerprint density at radius 1 is 1.17 bits per heavy atom. The van der Waals surface area contributed by atoms with Gasteiger partial charge < -0.3 is 9.32 Å². The molecule has 0 N–H and O–H groups in total. The van der Waals surface area contributed by atoms with Crippen LogP contribution in [0.3, 0.4) is 0 Å². The average molecular weight is 325 g/mol. The lowest BCUT2D eigenvalue weighted by molar-refractivity contribution is 0.0730. The summed E-state index contributed by atoms with van der Waals surface area (Å²) >= 11 is 1.56. The molecule has 4 rings (SSSR count). The molecule has 1 aliphatic rings. The molecule has 116 valence electrons. The molecule has 3 aromatic rings. The monoisotopic (exact) mass is 325 g/mol. The standard InChI is InChI=1S/C18H15NO3S/c1-2-9-19-15(13-8-5-10-23-13)14-16(20)11-6-3-4-7-12(11)22-17(14)18(19)21/h3-8,10,15H,2,9H2,1H3/t15-/m1/s1. The SMILES string of the molecule is CCCN1C(=O)c2oc3ccccc3c(=O)c2[C@H]1c1cccs1. The smallest absolute Gasteiger partial charge is 0.290 e. The topological polar surface area (TPSA) is 50.5 Å². The molecular formula is C18H15NO3S. The van der Waals surface area contributed by atoms with Gasteiger partial charge in [-0.2, -0.15) is 0 Å². The zero-order valence-electron chi connectivity index (χ0n) is 12.6. The Hall–Kier alpha value is -2.40. The van der Waals surface area contributed by atoms with Gasteiger partial charge in [0.15, 0.2) is 5.43 Å². The van der Waals surface area contributed by atoms with E-state index in [2.05, 4.69) is 0 Å². The predicted molar refractivity (Wildman–Crippen MR) is 90.0 cm³/mol. The van der Waals surface area contributed by atoms with E-state index in [-0.39, 0.29) is 23.1 Å². The summed E-state index contributed by atoms with van der Waals surface area (Å²) in [7, 11) is 0. The van der Waals surface area contributed by atoms with Gasteiger partial charge in [-0.25, -0.2) is 0 Å². The van der Waals surface area contributed by atoms with Crippen molar-refractivity contribution in [2.24, 2.45) is 0 Å². The van der Waals surface area contributed by atoms with Crippen LogP contribution in [0.25, 0.3) is 11.0 Å². The van der Waals surface area contributed by atoms with Crippen molar-refractivity contribution in [1.82, 2.24) is 4.90 Å². The largest absolute Gasteiger partial charge is 0.450 e. The molecule has 23 heavy (non-hydrogen) atoms. The minimum absolute atomic E-state index is 0.104. The van der Waals surface area contributed by atoms with Crippen molar-refractivity contribution in [3.05, 3.63) is 68.2 Å². The summed E-state index contributed by atoms with van der Waals surface area (Å²) in [5, 5.41) is 2.49. The summed E-state index contributed by atoms with van der Waals surface area (Å²) in [6.45, 7) is 2.62. The zero-order chi connectivity index (χ0) is 16.0. The molecule has 1 atom stereocenters.